The standard InChI is InChI=1S/C21H16N2O2/c1-25-17-13-11-15(12-14-17)21(24)20-18-9-5-6-10-19(18)22-23(20)16-7-3-2-4-8-16/h2-14H,1H3. The van der Waals surface area contributed by atoms with E-state index < -0.39 is 0 Å². The van der Waals surface area contributed by atoms with Crippen LogP contribution in [0.4, 0.5) is 0 Å². The number of aromatic nitrogens is 2. The maximum absolute atomic E-state index is 13.2. The van der Waals surface area contributed by atoms with Crippen molar-refractivity contribution >= 4 is 16.7 Å². The molecule has 4 aromatic rings. The van der Waals surface area contributed by atoms with Crippen LogP contribution in [0.3, 0.4) is 0 Å². The van der Waals surface area contributed by atoms with E-state index in [-0.39, 0.29) is 5.78 Å². The monoisotopic (exact) mass is 328 g/mol. The maximum atomic E-state index is 13.2. The molecule has 1 heterocycles. The topological polar surface area (TPSA) is 44.1 Å². The highest BCUT2D eigenvalue weighted by Gasteiger charge is 2.20. The van der Waals surface area contributed by atoms with Gasteiger partial charge in [-0.2, -0.15) is 5.10 Å². The quantitative estimate of drug-likeness (QED) is 0.526. The average Bonchev–Trinajstić information content (AvgIpc) is 3.08. The van der Waals surface area contributed by atoms with Crippen molar-refractivity contribution in [1.82, 2.24) is 9.78 Å². The number of hydrogen-bond donors (Lipinski definition) is 0. The number of ether oxygens (including phenoxy) is 1. The molecule has 0 aliphatic rings. The highest BCUT2D eigenvalue weighted by atomic mass is 16.5. The predicted molar refractivity (Wildman–Crippen MR) is 97.5 cm³/mol. The molecule has 1 aromatic heterocycles. The summed E-state index contributed by atoms with van der Waals surface area (Å²) in [7, 11) is 1.61. The number of carbonyl (C=O) groups excluding carboxylic acids is 1. The fourth-order valence-electron chi connectivity index (χ4n) is 2.89. The smallest absolute Gasteiger partial charge is 0.212 e. The van der Waals surface area contributed by atoms with Crippen molar-refractivity contribution in [2.75, 3.05) is 7.11 Å². The van der Waals surface area contributed by atoms with Crippen LogP contribution in [0.15, 0.2) is 78.9 Å². The molecule has 4 heteroatoms. The molecular weight excluding hydrogens is 312 g/mol. The Bertz CT molecular complexity index is 1030. The van der Waals surface area contributed by atoms with E-state index >= 15 is 0 Å². The second-order valence-electron chi connectivity index (χ2n) is 5.67. The molecular formula is C21H16N2O2. The molecule has 4 rings (SSSR count). The molecule has 0 aliphatic heterocycles. The summed E-state index contributed by atoms with van der Waals surface area (Å²) in [6, 6.07) is 24.5. The first-order valence-electron chi connectivity index (χ1n) is 8.00. The number of ketones is 1. The van der Waals surface area contributed by atoms with Gasteiger partial charge < -0.3 is 4.74 Å². The van der Waals surface area contributed by atoms with Crippen molar-refractivity contribution in [2.45, 2.75) is 0 Å². The van der Waals surface area contributed by atoms with E-state index in [9.17, 15) is 4.79 Å². The van der Waals surface area contributed by atoms with Gasteiger partial charge in [0.05, 0.1) is 18.3 Å². The second-order valence-corrected chi connectivity index (χ2v) is 5.67. The van der Waals surface area contributed by atoms with Crippen molar-refractivity contribution in [3.63, 3.8) is 0 Å². The number of nitrogens with zero attached hydrogens (tertiary/aromatic N) is 2. The van der Waals surface area contributed by atoms with E-state index in [1.807, 2.05) is 54.6 Å². The molecule has 0 unspecified atom stereocenters. The summed E-state index contributed by atoms with van der Waals surface area (Å²) >= 11 is 0. The van der Waals surface area contributed by atoms with Crippen LogP contribution >= 0.6 is 0 Å². The number of hydrogen-bond acceptors (Lipinski definition) is 3. The van der Waals surface area contributed by atoms with Crippen LogP contribution in [-0.4, -0.2) is 22.7 Å². The molecule has 0 aliphatic carbocycles. The van der Waals surface area contributed by atoms with Crippen LogP contribution < -0.4 is 4.74 Å². The van der Waals surface area contributed by atoms with E-state index in [0.717, 1.165) is 22.3 Å². The van der Waals surface area contributed by atoms with Gasteiger partial charge in [-0.05, 0) is 42.5 Å². The first-order chi connectivity index (χ1) is 12.3. The maximum Gasteiger partial charge on any atom is 0.212 e. The third kappa shape index (κ3) is 2.68. The van der Waals surface area contributed by atoms with Crippen LogP contribution in [-0.2, 0) is 0 Å². The minimum Gasteiger partial charge on any atom is -0.497 e. The summed E-state index contributed by atoms with van der Waals surface area (Å²) in [6.07, 6.45) is 0. The van der Waals surface area contributed by atoms with Crippen molar-refractivity contribution in [3.05, 3.63) is 90.1 Å². The lowest BCUT2D eigenvalue weighted by molar-refractivity contribution is 0.103. The van der Waals surface area contributed by atoms with Crippen LogP contribution in [0.5, 0.6) is 5.75 Å². The Morgan fingerprint density at radius 1 is 0.880 bits per heavy atom. The Labute approximate surface area is 145 Å². The van der Waals surface area contributed by atoms with E-state index in [1.54, 1.807) is 36.1 Å². The largest absolute Gasteiger partial charge is 0.497 e. The van der Waals surface area contributed by atoms with Crippen LogP contribution in [0.25, 0.3) is 16.6 Å². The van der Waals surface area contributed by atoms with Crippen LogP contribution in [0.2, 0.25) is 0 Å². The van der Waals surface area contributed by atoms with Crippen molar-refractivity contribution in [2.24, 2.45) is 0 Å². The van der Waals surface area contributed by atoms with Gasteiger partial charge in [-0.1, -0.05) is 36.4 Å². The Balaban J connectivity index is 1.91. The summed E-state index contributed by atoms with van der Waals surface area (Å²) in [6.45, 7) is 0. The van der Waals surface area contributed by atoms with E-state index in [2.05, 4.69) is 5.10 Å². The zero-order chi connectivity index (χ0) is 17.2. The number of para-hydroxylation sites is 1. The molecule has 0 bridgehead atoms. The normalized spacial score (nSPS) is 10.8. The van der Waals surface area contributed by atoms with Gasteiger partial charge in [0.25, 0.3) is 0 Å². The van der Waals surface area contributed by atoms with Gasteiger partial charge in [-0.3, -0.25) is 4.79 Å². The van der Waals surface area contributed by atoms with Crippen LogP contribution in [0.1, 0.15) is 16.1 Å². The van der Waals surface area contributed by atoms with Crippen LogP contribution in [0, 0.1) is 0 Å². The highest BCUT2D eigenvalue weighted by molar-refractivity contribution is 6.15. The molecule has 0 saturated heterocycles. The number of fused-ring (bicyclic) bond motifs is 1. The Kier molecular flexibility index (Phi) is 3.78. The number of benzene rings is 3. The molecule has 4 nitrogen and oxygen atoms in total. The first-order valence-corrected chi connectivity index (χ1v) is 8.00. The fourth-order valence-corrected chi connectivity index (χ4v) is 2.89. The second kappa shape index (κ2) is 6.24. The lowest BCUT2D eigenvalue weighted by Crippen LogP contribution is -2.10. The average molecular weight is 328 g/mol. The van der Waals surface area contributed by atoms with Gasteiger partial charge in [-0.15, -0.1) is 0 Å². The molecule has 122 valence electrons. The van der Waals surface area contributed by atoms with Gasteiger partial charge >= 0.3 is 0 Å². The van der Waals surface area contributed by atoms with Crippen molar-refractivity contribution < 1.29 is 9.53 Å². The molecule has 0 N–H and O–H groups in total. The minimum atomic E-state index is -0.0693. The summed E-state index contributed by atoms with van der Waals surface area (Å²) in [4.78, 5) is 13.2. The van der Waals surface area contributed by atoms with Crippen molar-refractivity contribution in [3.8, 4) is 11.4 Å². The van der Waals surface area contributed by atoms with E-state index in [4.69, 9.17) is 4.74 Å². The lowest BCUT2D eigenvalue weighted by atomic mass is 10.0. The third-order valence-electron chi connectivity index (χ3n) is 4.15. The van der Waals surface area contributed by atoms with Gasteiger partial charge in [-0.25, -0.2) is 4.68 Å². The number of carbonyl (C=O) groups is 1. The van der Waals surface area contributed by atoms with Gasteiger partial charge in [0.1, 0.15) is 11.4 Å². The molecule has 3 aromatic carbocycles. The summed E-state index contributed by atoms with van der Waals surface area (Å²) in [5, 5.41) is 5.47. The Hall–Kier alpha value is -3.40. The van der Waals surface area contributed by atoms with Crippen molar-refractivity contribution in [1.29, 1.82) is 0 Å². The fraction of sp³-hybridized carbons (Fsp3) is 0.0476. The third-order valence-corrected chi connectivity index (χ3v) is 4.15. The Morgan fingerprint density at radius 2 is 1.56 bits per heavy atom. The summed E-state index contributed by atoms with van der Waals surface area (Å²) < 4.78 is 6.89. The molecule has 25 heavy (non-hydrogen) atoms. The SMILES string of the molecule is COc1ccc(C(=O)c2c3ccccc3nn2-c2ccccc2)cc1. The summed E-state index contributed by atoms with van der Waals surface area (Å²) in [5.41, 5.74) is 2.81. The first kappa shape index (κ1) is 15.1. The van der Waals surface area contributed by atoms with Gasteiger partial charge in [0, 0.05) is 10.9 Å². The Morgan fingerprint density at radius 3 is 2.28 bits per heavy atom. The molecule has 0 amide bonds. The molecule has 0 saturated carbocycles. The van der Waals surface area contributed by atoms with E-state index in [1.165, 1.54) is 0 Å². The zero-order valence-corrected chi connectivity index (χ0v) is 13.7. The minimum absolute atomic E-state index is 0.0693. The number of methoxy groups -OCH3 is 1. The number of rotatable bonds is 4. The summed E-state index contributed by atoms with van der Waals surface area (Å²) in [5.74, 6) is 0.651. The highest BCUT2D eigenvalue weighted by Crippen LogP contribution is 2.25. The van der Waals surface area contributed by atoms with E-state index in [0.29, 0.717) is 11.3 Å². The predicted octanol–water partition coefficient (Wildman–Crippen LogP) is 4.27. The van der Waals surface area contributed by atoms with Gasteiger partial charge in [0.2, 0.25) is 5.78 Å². The molecule has 0 spiro atoms. The lowest BCUT2D eigenvalue weighted by Gasteiger charge is -2.08. The molecule has 0 radical (unpaired) electrons. The molecule has 0 fully saturated rings. The van der Waals surface area contributed by atoms with Gasteiger partial charge in [0.15, 0.2) is 0 Å². The molecule has 0 atom stereocenters. The zero-order valence-electron chi connectivity index (χ0n) is 13.7.